The van der Waals surface area contributed by atoms with Gasteiger partial charge in [-0.1, -0.05) is 54.6 Å². The smallest absolute Gasteiger partial charge is 0.315 e. The molecule has 1 N–H and O–H groups in total. The fourth-order valence-electron chi connectivity index (χ4n) is 4.91. The lowest BCUT2D eigenvalue weighted by molar-refractivity contribution is -0.131. The Morgan fingerprint density at radius 3 is 2.53 bits per heavy atom. The van der Waals surface area contributed by atoms with E-state index in [2.05, 4.69) is 27.7 Å². The topological polar surface area (TPSA) is 52.7 Å². The summed E-state index contributed by atoms with van der Waals surface area (Å²) < 4.78 is 0. The van der Waals surface area contributed by atoms with Gasteiger partial charge < -0.3 is 5.32 Å². The Labute approximate surface area is 192 Å². The lowest BCUT2D eigenvalue weighted by Crippen LogP contribution is -2.46. The van der Waals surface area contributed by atoms with Gasteiger partial charge in [0.25, 0.3) is 5.91 Å². The van der Waals surface area contributed by atoms with Crippen LogP contribution in [0.15, 0.2) is 66.0 Å². The normalized spacial score (nSPS) is 23.7. The summed E-state index contributed by atoms with van der Waals surface area (Å²) in [6.07, 6.45) is 2.11. The third-order valence-electron chi connectivity index (χ3n) is 6.81. The number of rotatable bonds is 5. The molecule has 32 heavy (non-hydrogen) atoms. The summed E-state index contributed by atoms with van der Waals surface area (Å²) >= 11 is 1.73. The number of imide groups is 1. The second-order valence-corrected chi connectivity index (χ2v) is 9.68. The third kappa shape index (κ3) is 3.34. The first-order valence-corrected chi connectivity index (χ1v) is 11.9. The first-order chi connectivity index (χ1) is 15.5. The van der Waals surface area contributed by atoms with Crippen LogP contribution in [-0.4, -0.2) is 35.0 Å². The molecular formula is C26H27N3O2S. The van der Waals surface area contributed by atoms with Crippen molar-refractivity contribution >= 4 is 23.3 Å². The fourth-order valence-corrected chi connectivity index (χ4v) is 5.80. The van der Waals surface area contributed by atoms with Gasteiger partial charge in [-0.3, -0.25) is 9.69 Å². The second-order valence-electron chi connectivity index (χ2n) is 8.71. The molecule has 2 aromatic carbocycles. The quantitative estimate of drug-likeness (QED) is 0.565. The average molecular weight is 446 g/mol. The lowest BCUT2D eigenvalue weighted by Gasteiger charge is -2.30. The molecule has 0 aliphatic carbocycles. The van der Waals surface area contributed by atoms with E-state index in [4.69, 9.17) is 0 Å². The standard InChI is InChI=1S/C26H27N3O2S/c1-18-12-13-21(16-19(18)2)26(20-8-4-3-5-9-20)24(30)29(25(31)27-26)17-28-14-6-10-22(28)23-11-7-15-32-23/h3-5,7-9,11-13,15-16,22H,6,10,14,17H2,1-2H3,(H,27,31)/t22-,26+/m0/s1. The zero-order chi connectivity index (χ0) is 22.3. The van der Waals surface area contributed by atoms with Crippen LogP contribution in [0.2, 0.25) is 0 Å². The molecule has 2 aliphatic heterocycles. The number of hydrogen-bond donors (Lipinski definition) is 1. The van der Waals surface area contributed by atoms with Crippen LogP contribution in [0.4, 0.5) is 4.79 Å². The van der Waals surface area contributed by atoms with Crippen molar-refractivity contribution in [1.29, 1.82) is 0 Å². The maximum absolute atomic E-state index is 14.0. The molecule has 6 heteroatoms. The van der Waals surface area contributed by atoms with Crippen molar-refractivity contribution in [1.82, 2.24) is 15.1 Å². The highest BCUT2D eigenvalue weighted by molar-refractivity contribution is 7.10. The number of aryl methyl sites for hydroxylation is 2. The van der Waals surface area contributed by atoms with Gasteiger partial charge in [0.1, 0.15) is 0 Å². The van der Waals surface area contributed by atoms with E-state index in [0.29, 0.717) is 6.67 Å². The van der Waals surface area contributed by atoms with Crippen molar-refractivity contribution in [2.24, 2.45) is 0 Å². The highest BCUT2D eigenvalue weighted by Crippen LogP contribution is 2.39. The molecule has 0 spiro atoms. The number of likely N-dealkylation sites (tertiary alicyclic amines) is 1. The van der Waals surface area contributed by atoms with Crippen LogP contribution in [0.1, 0.15) is 46.0 Å². The van der Waals surface area contributed by atoms with Gasteiger partial charge in [-0.2, -0.15) is 0 Å². The van der Waals surface area contributed by atoms with Crippen LogP contribution in [-0.2, 0) is 10.3 Å². The van der Waals surface area contributed by atoms with Gasteiger partial charge >= 0.3 is 6.03 Å². The minimum Gasteiger partial charge on any atom is -0.315 e. The molecule has 0 bridgehead atoms. The number of amides is 3. The predicted octanol–water partition coefficient (Wildman–Crippen LogP) is 4.95. The molecule has 2 aliphatic rings. The molecule has 164 valence electrons. The third-order valence-corrected chi connectivity index (χ3v) is 7.78. The molecule has 5 rings (SSSR count). The minimum absolute atomic E-state index is 0.214. The Morgan fingerprint density at radius 1 is 1.00 bits per heavy atom. The van der Waals surface area contributed by atoms with Crippen LogP contribution in [0.25, 0.3) is 0 Å². The highest BCUT2D eigenvalue weighted by atomic mass is 32.1. The number of urea groups is 1. The molecule has 2 atom stereocenters. The van der Waals surface area contributed by atoms with E-state index in [-0.39, 0.29) is 18.0 Å². The molecule has 3 heterocycles. The predicted molar refractivity (Wildman–Crippen MR) is 126 cm³/mol. The van der Waals surface area contributed by atoms with Crippen molar-refractivity contribution in [3.05, 3.63) is 93.2 Å². The SMILES string of the molecule is Cc1ccc([C@@]2(c3ccccc3)NC(=O)N(CN3CCC[C@H]3c3cccs3)C2=O)cc1C. The summed E-state index contributed by atoms with van der Waals surface area (Å²) in [6.45, 7) is 5.26. The van der Waals surface area contributed by atoms with Gasteiger partial charge in [0.2, 0.25) is 0 Å². The zero-order valence-electron chi connectivity index (χ0n) is 18.4. The number of nitrogens with one attached hydrogen (secondary N) is 1. The van der Waals surface area contributed by atoms with Crippen LogP contribution < -0.4 is 5.32 Å². The lowest BCUT2D eigenvalue weighted by atomic mass is 9.81. The van der Waals surface area contributed by atoms with E-state index in [1.807, 2.05) is 62.4 Å². The molecule has 2 fully saturated rings. The van der Waals surface area contributed by atoms with Gasteiger partial charge in [0.15, 0.2) is 5.54 Å². The Morgan fingerprint density at radius 2 is 1.81 bits per heavy atom. The van der Waals surface area contributed by atoms with E-state index in [1.165, 1.54) is 9.78 Å². The fraction of sp³-hybridized carbons (Fsp3) is 0.308. The largest absolute Gasteiger partial charge is 0.326 e. The average Bonchev–Trinajstić information content (AvgIpc) is 3.53. The van der Waals surface area contributed by atoms with E-state index in [1.54, 1.807) is 11.3 Å². The van der Waals surface area contributed by atoms with E-state index in [9.17, 15) is 9.59 Å². The van der Waals surface area contributed by atoms with E-state index >= 15 is 0 Å². The van der Waals surface area contributed by atoms with Crippen molar-refractivity contribution in [2.75, 3.05) is 13.2 Å². The van der Waals surface area contributed by atoms with E-state index < -0.39 is 5.54 Å². The van der Waals surface area contributed by atoms with Crippen molar-refractivity contribution in [3.8, 4) is 0 Å². The van der Waals surface area contributed by atoms with Gasteiger partial charge in [0, 0.05) is 17.5 Å². The summed E-state index contributed by atoms with van der Waals surface area (Å²) in [5, 5.41) is 5.17. The maximum Gasteiger partial charge on any atom is 0.326 e. The number of carbonyl (C=O) groups excluding carboxylic acids is 2. The molecule has 5 nitrogen and oxygen atoms in total. The summed E-state index contributed by atoms with van der Waals surface area (Å²) in [7, 11) is 0. The Kier molecular flexibility index (Phi) is 5.35. The Bertz CT molecular complexity index is 1150. The monoisotopic (exact) mass is 445 g/mol. The van der Waals surface area contributed by atoms with Gasteiger partial charge in [-0.15, -0.1) is 11.3 Å². The maximum atomic E-state index is 14.0. The molecule has 3 aromatic rings. The van der Waals surface area contributed by atoms with Crippen LogP contribution in [0.3, 0.4) is 0 Å². The number of carbonyl (C=O) groups is 2. The molecule has 0 saturated carbocycles. The first-order valence-electron chi connectivity index (χ1n) is 11.1. The van der Waals surface area contributed by atoms with Crippen molar-refractivity contribution in [3.63, 3.8) is 0 Å². The molecule has 0 unspecified atom stereocenters. The summed E-state index contributed by atoms with van der Waals surface area (Å²) in [5.74, 6) is -0.214. The summed E-state index contributed by atoms with van der Waals surface area (Å²) in [5.41, 5.74) is 2.61. The molecule has 2 saturated heterocycles. The number of hydrogen-bond acceptors (Lipinski definition) is 4. The second kappa shape index (κ2) is 8.19. The van der Waals surface area contributed by atoms with Crippen molar-refractivity contribution < 1.29 is 9.59 Å². The number of thiophene rings is 1. The number of benzene rings is 2. The first kappa shape index (κ1) is 20.9. The molecule has 0 radical (unpaired) electrons. The van der Waals surface area contributed by atoms with Gasteiger partial charge in [-0.25, -0.2) is 9.69 Å². The van der Waals surface area contributed by atoms with Crippen LogP contribution in [0, 0.1) is 13.8 Å². The van der Waals surface area contributed by atoms with E-state index in [0.717, 1.165) is 41.6 Å². The van der Waals surface area contributed by atoms with Gasteiger partial charge in [-0.05, 0) is 60.4 Å². The Balaban J connectivity index is 1.53. The summed E-state index contributed by atoms with van der Waals surface area (Å²) in [6, 6.07) is 19.7. The number of nitrogens with zero attached hydrogens (tertiary/aromatic N) is 2. The summed E-state index contributed by atoms with van der Waals surface area (Å²) in [4.78, 5) is 32.2. The molecule has 3 amide bonds. The van der Waals surface area contributed by atoms with Crippen molar-refractivity contribution in [2.45, 2.75) is 38.3 Å². The zero-order valence-corrected chi connectivity index (χ0v) is 19.2. The Hall–Kier alpha value is -2.96. The van der Waals surface area contributed by atoms with Gasteiger partial charge in [0.05, 0.1) is 6.67 Å². The minimum atomic E-state index is -1.21. The molecule has 1 aromatic heterocycles. The van der Waals surface area contributed by atoms with Crippen LogP contribution >= 0.6 is 11.3 Å². The highest BCUT2D eigenvalue weighted by Gasteiger charge is 2.54. The molecular weight excluding hydrogens is 418 g/mol. The van der Waals surface area contributed by atoms with Crippen LogP contribution in [0.5, 0.6) is 0 Å².